The minimum absolute atomic E-state index is 0.0385. The third-order valence-corrected chi connectivity index (χ3v) is 2.43. The Hall–Kier alpha value is -2.41. The number of nitrogens with zero attached hydrogens (tertiary/aromatic N) is 3. The molecule has 8 heteroatoms. The van der Waals surface area contributed by atoms with Gasteiger partial charge in [-0.2, -0.15) is 9.97 Å². The summed E-state index contributed by atoms with van der Waals surface area (Å²) < 4.78 is 10.8. The molecule has 0 bridgehead atoms. The number of nitrogens with two attached hydrogens (primary N) is 1. The molecule has 2 aromatic rings. The van der Waals surface area contributed by atoms with Crippen molar-refractivity contribution in [1.82, 2.24) is 15.0 Å². The topological polar surface area (TPSA) is 100 Å². The van der Waals surface area contributed by atoms with Crippen LogP contribution in [0, 0.1) is 0 Å². The highest BCUT2D eigenvalue weighted by molar-refractivity contribution is 6.28. The second-order valence-electron chi connectivity index (χ2n) is 4.30. The smallest absolute Gasteiger partial charge is 0.329 e. The highest BCUT2D eigenvalue weighted by Gasteiger charge is 2.13. The molecule has 1 aromatic heterocycles. The van der Waals surface area contributed by atoms with Gasteiger partial charge in [0, 0.05) is 0 Å². The van der Waals surface area contributed by atoms with Crippen LogP contribution in [0.5, 0.6) is 17.8 Å². The molecule has 0 aliphatic carbocycles. The number of benzene rings is 1. The second-order valence-corrected chi connectivity index (χ2v) is 4.64. The molecule has 1 amide bonds. The minimum atomic E-state index is -0.621. The standard InChI is InChI=1S/C13H13ClN4O3/c1-7(2)20-12-16-11(14)17-13(18-12)21-9-6-4-3-5-8(9)10(15)19/h3-7H,1-2H3,(H2,15,19). The Morgan fingerprint density at radius 1 is 1.19 bits per heavy atom. The van der Waals surface area contributed by atoms with Gasteiger partial charge in [0.25, 0.3) is 5.91 Å². The van der Waals surface area contributed by atoms with Crippen molar-refractivity contribution in [2.45, 2.75) is 20.0 Å². The number of rotatable bonds is 5. The highest BCUT2D eigenvalue weighted by atomic mass is 35.5. The SMILES string of the molecule is CC(C)Oc1nc(Cl)nc(Oc2ccccc2C(N)=O)n1. The van der Waals surface area contributed by atoms with Crippen molar-refractivity contribution in [2.75, 3.05) is 0 Å². The average Bonchev–Trinajstić information content (AvgIpc) is 2.37. The summed E-state index contributed by atoms with van der Waals surface area (Å²) in [6.45, 7) is 3.64. The van der Waals surface area contributed by atoms with E-state index in [1.54, 1.807) is 18.2 Å². The van der Waals surface area contributed by atoms with Crippen molar-refractivity contribution in [3.8, 4) is 17.8 Å². The Balaban J connectivity index is 2.31. The van der Waals surface area contributed by atoms with E-state index in [9.17, 15) is 4.79 Å². The molecule has 0 fully saturated rings. The van der Waals surface area contributed by atoms with Crippen LogP contribution in [0.15, 0.2) is 24.3 Å². The number of hydrogen-bond acceptors (Lipinski definition) is 6. The maximum atomic E-state index is 11.3. The molecule has 1 heterocycles. The Morgan fingerprint density at radius 3 is 2.52 bits per heavy atom. The average molecular weight is 309 g/mol. The van der Waals surface area contributed by atoms with Gasteiger partial charge in [-0.15, -0.1) is 4.98 Å². The molecule has 0 aliphatic heterocycles. The molecule has 0 atom stereocenters. The molecule has 0 radical (unpaired) electrons. The second kappa shape index (κ2) is 6.36. The van der Waals surface area contributed by atoms with E-state index in [4.69, 9.17) is 26.8 Å². The molecule has 2 N–H and O–H groups in total. The normalized spacial score (nSPS) is 10.5. The first-order valence-electron chi connectivity index (χ1n) is 6.10. The van der Waals surface area contributed by atoms with Crippen molar-refractivity contribution < 1.29 is 14.3 Å². The van der Waals surface area contributed by atoms with Gasteiger partial charge in [-0.05, 0) is 37.6 Å². The summed E-state index contributed by atoms with van der Waals surface area (Å²) in [4.78, 5) is 22.9. The monoisotopic (exact) mass is 308 g/mol. The number of para-hydroxylation sites is 1. The number of halogens is 1. The summed E-state index contributed by atoms with van der Waals surface area (Å²) in [6, 6.07) is 6.42. The van der Waals surface area contributed by atoms with Crippen molar-refractivity contribution in [1.29, 1.82) is 0 Å². The first-order chi connectivity index (χ1) is 9.95. The lowest BCUT2D eigenvalue weighted by Crippen LogP contribution is -2.13. The van der Waals surface area contributed by atoms with Crippen LogP contribution in [-0.2, 0) is 0 Å². The zero-order valence-corrected chi connectivity index (χ0v) is 12.2. The number of amides is 1. The minimum Gasteiger partial charge on any atom is -0.461 e. The van der Waals surface area contributed by atoms with Crippen LogP contribution in [0.25, 0.3) is 0 Å². The van der Waals surface area contributed by atoms with Crippen LogP contribution in [0.4, 0.5) is 0 Å². The summed E-state index contributed by atoms with van der Waals surface area (Å²) in [5.41, 5.74) is 5.48. The van der Waals surface area contributed by atoms with E-state index in [1.807, 2.05) is 13.8 Å². The summed E-state index contributed by atoms with van der Waals surface area (Å²) in [5, 5.41) is -0.0767. The van der Waals surface area contributed by atoms with Crippen LogP contribution in [0.3, 0.4) is 0 Å². The highest BCUT2D eigenvalue weighted by Crippen LogP contribution is 2.24. The molecule has 7 nitrogen and oxygen atoms in total. The largest absolute Gasteiger partial charge is 0.461 e. The molecule has 0 unspecified atom stereocenters. The van der Waals surface area contributed by atoms with Crippen LogP contribution >= 0.6 is 11.6 Å². The number of carbonyl (C=O) groups is 1. The van der Waals surface area contributed by atoms with Crippen molar-refractivity contribution in [3.63, 3.8) is 0 Å². The van der Waals surface area contributed by atoms with Crippen LogP contribution in [0.1, 0.15) is 24.2 Å². The Morgan fingerprint density at radius 2 is 1.86 bits per heavy atom. The Kier molecular flexibility index (Phi) is 4.54. The van der Waals surface area contributed by atoms with Crippen molar-refractivity contribution >= 4 is 17.5 Å². The summed E-state index contributed by atoms with van der Waals surface area (Å²) in [7, 11) is 0. The summed E-state index contributed by atoms with van der Waals surface area (Å²) in [5.74, 6) is -0.396. The van der Waals surface area contributed by atoms with E-state index in [-0.39, 0.29) is 34.7 Å². The van der Waals surface area contributed by atoms with Gasteiger partial charge in [-0.1, -0.05) is 12.1 Å². The molecule has 1 aromatic carbocycles. The fraction of sp³-hybridized carbons (Fsp3) is 0.231. The van der Waals surface area contributed by atoms with E-state index >= 15 is 0 Å². The zero-order valence-electron chi connectivity index (χ0n) is 11.4. The molecular weight excluding hydrogens is 296 g/mol. The molecule has 110 valence electrons. The van der Waals surface area contributed by atoms with E-state index in [0.29, 0.717) is 0 Å². The molecule has 0 spiro atoms. The van der Waals surface area contributed by atoms with Gasteiger partial charge in [0.15, 0.2) is 0 Å². The maximum absolute atomic E-state index is 11.3. The van der Waals surface area contributed by atoms with Gasteiger partial charge in [0.2, 0.25) is 5.28 Å². The zero-order chi connectivity index (χ0) is 15.4. The first kappa shape index (κ1) is 15.0. The van der Waals surface area contributed by atoms with E-state index in [1.165, 1.54) is 6.07 Å². The first-order valence-corrected chi connectivity index (χ1v) is 6.48. The fourth-order valence-electron chi connectivity index (χ4n) is 1.48. The molecule has 21 heavy (non-hydrogen) atoms. The van der Waals surface area contributed by atoms with Crippen molar-refractivity contribution in [2.24, 2.45) is 5.73 Å². The Bertz CT molecular complexity index is 664. The summed E-state index contributed by atoms with van der Waals surface area (Å²) >= 11 is 5.79. The van der Waals surface area contributed by atoms with Gasteiger partial charge in [0.1, 0.15) is 5.75 Å². The molecular formula is C13H13ClN4O3. The molecule has 0 aliphatic rings. The summed E-state index contributed by atoms with van der Waals surface area (Å²) in [6.07, 6.45) is -0.130. The third kappa shape index (κ3) is 4.03. The molecule has 0 saturated carbocycles. The predicted octanol–water partition coefficient (Wildman–Crippen LogP) is 2.20. The number of primary amides is 1. The van der Waals surface area contributed by atoms with Gasteiger partial charge in [-0.25, -0.2) is 0 Å². The maximum Gasteiger partial charge on any atom is 0.329 e. The van der Waals surface area contributed by atoms with E-state index < -0.39 is 5.91 Å². The number of carbonyl (C=O) groups excluding carboxylic acids is 1. The molecule has 2 rings (SSSR count). The van der Waals surface area contributed by atoms with Crippen molar-refractivity contribution in [3.05, 3.63) is 35.1 Å². The number of hydrogen-bond donors (Lipinski definition) is 1. The van der Waals surface area contributed by atoms with Crippen LogP contribution < -0.4 is 15.2 Å². The third-order valence-electron chi connectivity index (χ3n) is 2.26. The number of ether oxygens (including phenoxy) is 2. The van der Waals surface area contributed by atoms with Crippen LogP contribution in [0.2, 0.25) is 5.28 Å². The van der Waals surface area contributed by atoms with E-state index in [0.717, 1.165) is 0 Å². The van der Waals surface area contributed by atoms with Gasteiger partial charge in [0.05, 0.1) is 11.7 Å². The quantitative estimate of drug-likeness (QED) is 0.908. The fourth-order valence-corrected chi connectivity index (χ4v) is 1.63. The lowest BCUT2D eigenvalue weighted by molar-refractivity contribution is 0.0998. The number of aromatic nitrogens is 3. The van der Waals surface area contributed by atoms with Gasteiger partial charge < -0.3 is 15.2 Å². The molecule has 0 saturated heterocycles. The van der Waals surface area contributed by atoms with E-state index in [2.05, 4.69) is 15.0 Å². The predicted molar refractivity (Wildman–Crippen MR) is 75.6 cm³/mol. The van der Waals surface area contributed by atoms with Crippen LogP contribution in [-0.4, -0.2) is 27.0 Å². The lowest BCUT2D eigenvalue weighted by Gasteiger charge is -2.10. The lowest BCUT2D eigenvalue weighted by atomic mass is 10.2. The Labute approximate surface area is 126 Å². The van der Waals surface area contributed by atoms with Gasteiger partial charge in [-0.3, -0.25) is 4.79 Å². The van der Waals surface area contributed by atoms with Gasteiger partial charge >= 0.3 is 12.0 Å².